The number of hydrogen-bond donors (Lipinski definition) is 2. The van der Waals surface area contributed by atoms with Crippen molar-refractivity contribution in [3.63, 3.8) is 0 Å². The predicted molar refractivity (Wildman–Crippen MR) is 112 cm³/mol. The lowest BCUT2D eigenvalue weighted by Crippen LogP contribution is -2.13. The lowest BCUT2D eigenvalue weighted by Gasteiger charge is -2.08. The third-order valence-corrected chi connectivity index (χ3v) is 5.10. The van der Waals surface area contributed by atoms with Crippen molar-refractivity contribution in [1.29, 1.82) is 0 Å². The number of nitrogens with one attached hydrogen (secondary N) is 1. The van der Waals surface area contributed by atoms with E-state index in [1.807, 2.05) is 54.2 Å². The van der Waals surface area contributed by atoms with Crippen LogP contribution in [0.2, 0.25) is 0 Å². The standard InChI is InChI=1S/C22H22N2OS/c23-20-8-4-5-9-21(20)24-22(25)19-12-10-18(11-13-19)16-26-15-14-17-6-2-1-3-7-17/h1-13H,14-16,23H2,(H,24,25). The Labute approximate surface area is 158 Å². The number of nitrogen functional groups attached to an aromatic ring is 1. The molecule has 0 aliphatic carbocycles. The molecule has 4 heteroatoms. The van der Waals surface area contributed by atoms with Gasteiger partial charge >= 0.3 is 0 Å². The second-order valence-corrected chi connectivity index (χ2v) is 7.13. The monoisotopic (exact) mass is 362 g/mol. The molecule has 0 spiro atoms. The van der Waals surface area contributed by atoms with Gasteiger partial charge in [0.25, 0.3) is 5.91 Å². The molecule has 3 rings (SSSR count). The summed E-state index contributed by atoms with van der Waals surface area (Å²) in [6, 6.07) is 25.5. The number of para-hydroxylation sites is 2. The van der Waals surface area contributed by atoms with Crippen molar-refractivity contribution in [1.82, 2.24) is 0 Å². The summed E-state index contributed by atoms with van der Waals surface area (Å²) >= 11 is 1.90. The second kappa shape index (κ2) is 9.11. The van der Waals surface area contributed by atoms with Crippen molar-refractivity contribution >= 4 is 29.0 Å². The average molecular weight is 362 g/mol. The highest BCUT2D eigenvalue weighted by molar-refractivity contribution is 7.98. The zero-order valence-corrected chi connectivity index (χ0v) is 15.3. The molecule has 0 radical (unpaired) electrons. The van der Waals surface area contributed by atoms with Gasteiger partial charge in [-0.3, -0.25) is 4.79 Å². The number of hydrogen-bond acceptors (Lipinski definition) is 3. The molecule has 0 aliphatic heterocycles. The van der Waals surface area contributed by atoms with E-state index in [1.54, 1.807) is 12.1 Å². The molecule has 3 aromatic rings. The molecular formula is C22H22N2OS. The molecule has 1 amide bonds. The summed E-state index contributed by atoms with van der Waals surface area (Å²) in [6.45, 7) is 0. The summed E-state index contributed by atoms with van der Waals surface area (Å²) in [6.07, 6.45) is 1.07. The number of aryl methyl sites for hydroxylation is 1. The summed E-state index contributed by atoms with van der Waals surface area (Å²) < 4.78 is 0. The third-order valence-electron chi connectivity index (χ3n) is 4.07. The van der Waals surface area contributed by atoms with E-state index in [9.17, 15) is 4.79 Å². The molecule has 0 heterocycles. The third kappa shape index (κ3) is 5.14. The Morgan fingerprint density at radius 2 is 1.54 bits per heavy atom. The number of anilines is 2. The van der Waals surface area contributed by atoms with Crippen LogP contribution >= 0.6 is 11.8 Å². The van der Waals surface area contributed by atoms with Crippen molar-refractivity contribution < 1.29 is 4.79 Å². The number of carbonyl (C=O) groups excluding carboxylic acids is 1. The average Bonchev–Trinajstić information content (AvgIpc) is 2.68. The minimum absolute atomic E-state index is 0.147. The zero-order valence-electron chi connectivity index (χ0n) is 14.5. The molecule has 0 unspecified atom stereocenters. The van der Waals surface area contributed by atoms with Crippen molar-refractivity contribution in [2.45, 2.75) is 12.2 Å². The molecule has 0 bridgehead atoms. The van der Waals surface area contributed by atoms with E-state index < -0.39 is 0 Å². The Hall–Kier alpha value is -2.72. The van der Waals surface area contributed by atoms with Crippen molar-refractivity contribution in [3.8, 4) is 0 Å². The first-order chi connectivity index (χ1) is 12.7. The summed E-state index contributed by atoms with van der Waals surface area (Å²) in [5.41, 5.74) is 10.3. The molecule has 0 aromatic heterocycles. The number of thioether (sulfide) groups is 1. The van der Waals surface area contributed by atoms with Gasteiger partial charge in [-0.05, 0) is 47.6 Å². The van der Waals surface area contributed by atoms with Crippen LogP contribution in [0.25, 0.3) is 0 Å². The van der Waals surface area contributed by atoms with Gasteiger partial charge in [0.05, 0.1) is 11.4 Å². The maximum absolute atomic E-state index is 12.3. The first kappa shape index (κ1) is 18.1. The lowest BCUT2D eigenvalue weighted by molar-refractivity contribution is 0.102. The summed E-state index contributed by atoms with van der Waals surface area (Å²) in [5, 5.41) is 2.85. The quantitative estimate of drug-likeness (QED) is 0.459. The summed E-state index contributed by atoms with van der Waals surface area (Å²) in [7, 11) is 0. The maximum Gasteiger partial charge on any atom is 0.255 e. The van der Waals surface area contributed by atoms with E-state index in [0.29, 0.717) is 16.9 Å². The molecule has 26 heavy (non-hydrogen) atoms. The minimum Gasteiger partial charge on any atom is -0.397 e. The van der Waals surface area contributed by atoms with Gasteiger partial charge in [-0.2, -0.15) is 11.8 Å². The Balaban J connectivity index is 1.48. The maximum atomic E-state index is 12.3. The normalized spacial score (nSPS) is 10.5. The molecular weight excluding hydrogens is 340 g/mol. The number of nitrogens with two attached hydrogens (primary N) is 1. The highest BCUT2D eigenvalue weighted by Gasteiger charge is 2.07. The molecule has 3 N–H and O–H groups in total. The number of rotatable bonds is 7. The number of benzene rings is 3. The molecule has 0 aliphatic rings. The van der Waals surface area contributed by atoms with Gasteiger partial charge in [0.2, 0.25) is 0 Å². The van der Waals surface area contributed by atoms with Crippen LogP contribution < -0.4 is 11.1 Å². The van der Waals surface area contributed by atoms with Crippen LogP contribution in [0.1, 0.15) is 21.5 Å². The second-order valence-electron chi connectivity index (χ2n) is 6.03. The predicted octanol–water partition coefficient (Wildman–Crippen LogP) is 5.00. The first-order valence-electron chi connectivity index (χ1n) is 8.59. The molecule has 132 valence electrons. The van der Waals surface area contributed by atoms with Gasteiger partial charge in [0.15, 0.2) is 0 Å². The van der Waals surface area contributed by atoms with Crippen LogP contribution in [0.3, 0.4) is 0 Å². The van der Waals surface area contributed by atoms with E-state index in [0.717, 1.165) is 17.9 Å². The Morgan fingerprint density at radius 3 is 2.27 bits per heavy atom. The highest BCUT2D eigenvalue weighted by atomic mass is 32.2. The van der Waals surface area contributed by atoms with Gasteiger partial charge in [-0.15, -0.1) is 0 Å². The fourth-order valence-corrected chi connectivity index (χ4v) is 3.53. The number of carbonyl (C=O) groups is 1. The van der Waals surface area contributed by atoms with Crippen LogP contribution in [-0.4, -0.2) is 11.7 Å². The van der Waals surface area contributed by atoms with Crippen molar-refractivity contribution in [2.24, 2.45) is 0 Å². The van der Waals surface area contributed by atoms with Crippen LogP contribution in [0.15, 0.2) is 78.9 Å². The lowest BCUT2D eigenvalue weighted by atomic mass is 10.1. The fourth-order valence-electron chi connectivity index (χ4n) is 2.58. The van der Waals surface area contributed by atoms with Gasteiger partial charge in [-0.25, -0.2) is 0 Å². The van der Waals surface area contributed by atoms with Crippen LogP contribution in [0, 0.1) is 0 Å². The van der Waals surface area contributed by atoms with E-state index >= 15 is 0 Å². The van der Waals surface area contributed by atoms with Gasteiger partial charge in [-0.1, -0.05) is 54.6 Å². The SMILES string of the molecule is Nc1ccccc1NC(=O)c1ccc(CSCCc2ccccc2)cc1. The van der Waals surface area contributed by atoms with Gasteiger partial charge in [0, 0.05) is 11.3 Å². The van der Waals surface area contributed by atoms with Crippen molar-refractivity contribution in [3.05, 3.63) is 95.6 Å². The molecule has 3 nitrogen and oxygen atoms in total. The first-order valence-corrected chi connectivity index (χ1v) is 9.74. The Bertz CT molecular complexity index is 848. The van der Waals surface area contributed by atoms with E-state index in [2.05, 4.69) is 29.6 Å². The topological polar surface area (TPSA) is 55.1 Å². The molecule has 3 aromatic carbocycles. The molecule has 0 saturated heterocycles. The summed E-state index contributed by atoms with van der Waals surface area (Å²) in [4.78, 5) is 12.3. The molecule has 0 fully saturated rings. The minimum atomic E-state index is -0.147. The summed E-state index contributed by atoms with van der Waals surface area (Å²) in [5.74, 6) is 1.88. The number of amides is 1. The van der Waals surface area contributed by atoms with Crippen LogP contribution in [0.4, 0.5) is 11.4 Å². The highest BCUT2D eigenvalue weighted by Crippen LogP contribution is 2.19. The Kier molecular flexibility index (Phi) is 6.34. The van der Waals surface area contributed by atoms with Crippen molar-refractivity contribution in [2.75, 3.05) is 16.8 Å². The van der Waals surface area contributed by atoms with Gasteiger partial charge in [0.1, 0.15) is 0 Å². The zero-order chi connectivity index (χ0) is 18.2. The Morgan fingerprint density at radius 1 is 0.846 bits per heavy atom. The molecule has 0 atom stereocenters. The largest absolute Gasteiger partial charge is 0.397 e. The van der Waals surface area contributed by atoms with E-state index in [4.69, 9.17) is 5.73 Å². The molecule has 0 saturated carbocycles. The van der Waals surface area contributed by atoms with Crippen LogP contribution in [0.5, 0.6) is 0 Å². The van der Waals surface area contributed by atoms with Crippen LogP contribution in [-0.2, 0) is 12.2 Å². The fraction of sp³-hybridized carbons (Fsp3) is 0.136. The van der Waals surface area contributed by atoms with E-state index in [-0.39, 0.29) is 5.91 Å². The smallest absolute Gasteiger partial charge is 0.255 e. The van der Waals surface area contributed by atoms with Gasteiger partial charge < -0.3 is 11.1 Å². The van der Waals surface area contributed by atoms with E-state index in [1.165, 1.54) is 11.1 Å².